The van der Waals surface area contributed by atoms with E-state index in [4.69, 9.17) is 4.74 Å². The Morgan fingerprint density at radius 1 is 1.44 bits per heavy atom. The number of benzene rings is 1. The fourth-order valence-electron chi connectivity index (χ4n) is 2.72. The lowest BCUT2D eigenvalue weighted by atomic mass is 10.1. The van der Waals surface area contributed by atoms with Crippen molar-refractivity contribution in [1.82, 2.24) is 10.2 Å². The molecule has 0 amide bonds. The lowest BCUT2D eigenvalue weighted by Crippen LogP contribution is -2.36. The Balaban J connectivity index is 2.04. The molecular formula is C15H24N2O. The molecule has 3 nitrogen and oxygen atoms in total. The fraction of sp³-hybridized carbons (Fsp3) is 0.600. The SMILES string of the molecule is CCN(Cc1ccc(OC)c(C)c1)C1CCNC1. The van der Waals surface area contributed by atoms with E-state index in [0.29, 0.717) is 6.04 Å². The van der Waals surface area contributed by atoms with Crippen LogP contribution in [0, 0.1) is 6.92 Å². The summed E-state index contributed by atoms with van der Waals surface area (Å²) in [5.41, 5.74) is 2.60. The number of nitrogens with one attached hydrogen (secondary N) is 1. The summed E-state index contributed by atoms with van der Waals surface area (Å²) in [4.78, 5) is 2.56. The van der Waals surface area contributed by atoms with Gasteiger partial charge in [0.15, 0.2) is 0 Å². The summed E-state index contributed by atoms with van der Waals surface area (Å²) >= 11 is 0. The molecule has 0 aromatic heterocycles. The summed E-state index contributed by atoms with van der Waals surface area (Å²) in [6.07, 6.45) is 1.27. The van der Waals surface area contributed by atoms with E-state index < -0.39 is 0 Å². The highest BCUT2D eigenvalue weighted by Gasteiger charge is 2.21. The highest BCUT2D eigenvalue weighted by Crippen LogP contribution is 2.20. The fourth-order valence-corrected chi connectivity index (χ4v) is 2.72. The molecule has 1 aromatic carbocycles. The van der Waals surface area contributed by atoms with Crippen molar-refractivity contribution in [2.45, 2.75) is 32.9 Å². The first-order valence-electron chi connectivity index (χ1n) is 6.83. The molecule has 0 aliphatic carbocycles. The van der Waals surface area contributed by atoms with Crippen molar-refractivity contribution in [2.75, 3.05) is 26.7 Å². The number of rotatable bonds is 5. The van der Waals surface area contributed by atoms with E-state index in [2.05, 4.69) is 42.3 Å². The van der Waals surface area contributed by atoms with Crippen LogP contribution in [0.25, 0.3) is 0 Å². The Kier molecular flexibility index (Phi) is 4.61. The quantitative estimate of drug-likeness (QED) is 0.864. The Labute approximate surface area is 110 Å². The molecule has 1 unspecified atom stereocenters. The van der Waals surface area contributed by atoms with Gasteiger partial charge in [-0.25, -0.2) is 0 Å². The van der Waals surface area contributed by atoms with E-state index in [9.17, 15) is 0 Å². The summed E-state index contributed by atoms with van der Waals surface area (Å²) in [6, 6.07) is 7.18. The number of ether oxygens (including phenoxy) is 1. The van der Waals surface area contributed by atoms with Gasteiger partial charge in [0.2, 0.25) is 0 Å². The van der Waals surface area contributed by atoms with Gasteiger partial charge in [-0.3, -0.25) is 4.90 Å². The van der Waals surface area contributed by atoms with Crippen molar-refractivity contribution in [2.24, 2.45) is 0 Å². The largest absolute Gasteiger partial charge is 0.496 e. The van der Waals surface area contributed by atoms with Crippen molar-refractivity contribution in [3.8, 4) is 5.75 Å². The summed E-state index contributed by atoms with van der Waals surface area (Å²) in [7, 11) is 1.73. The van der Waals surface area contributed by atoms with Crippen molar-refractivity contribution < 1.29 is 4.74 Å². The molecule has 0 radical (unpaired) electrons. The number of hydrogen-bond acceptors (Lipinski definition) is 3. The summed E-state index contributed by atoms with van der Waals surface area (Å²) < 4.78 is 5.31. The van der Waals surface area contributed by atoms with Crippen molar-refractivity contribution in [3.63, 3.8) is 0 Å². The molecule has 18 heavy (non-hydrogen) atoms. The Bertz CT molecular complexity index is 386. The second kappa shape index (κ2) is 6.21. The first-order chi connectivity index (χ1) is 8.74. The van der Waals surface area contributed by atoms with E-state index in [-0.39, 0.29) is 0 Å². The van der Waals surface area contributed by atoms with Gasteiger partial charge in [0.1, 0.15) is 5.75 Å². The van der Waals surface area contributed by atoms with Crippen molar-refractivity contribution >= 4 is 0 Å². The average molecular weight is 248 g/mol. The third-order valence-electron chi connectivity index (χ3n) is 3.80. The minimum Gasteiger partial charge on any atom is -0.496 e. The van der Waals surface area contributed by atoms with Crippen molar-refractivity contribution in [1.29, 1.82) is 0 Å². The lowest BCUT2D eigenvalue weighted by molar-refractivity contribution is 0.210. The molecule has 0 spiro atoms. The molecule has 1 atom stereocenters. The highest BCUT2D eigenvalue weighted by molar-refractivity contribution is 5.36. The zero-order chi connectivity index (χ0) is 13.0. The molecule has 1 fully saturated rings. The standard InChI is InChI=1S/C15H24N2O/c1-4-17(14-7-8-16-10-14)11-13-5-6-15(18-3)12(2)9-13/h5-6,9,14,16H,4,7-8,10-11H2,1-3H3. The monoisotopic (exact) mass is 248 g/mol. The van der Waals surface area contributed by atoms with E-state index in [1.54, 1.807) is 7.11 Å². The van der Waals surface area contributed by atoms with Crippen LogP contribution >= 0.6 is 0 Å². The van der Waals surface area contributed by atoms with Gasteiger partial charge in [-0.15, -0.1) is 0 Å². The van der Waals surface area contributed by atoms with Crippen LogP contribution < -0.4 is 10.1 Å². The van der Waals surface area contributed by atoms with E-state index in [0.717, 1.165) is 31.9 Å². The molecule has 1 aliphatic rings. The average Bonchev–Trinajstić information content (AvgIpc) is 2.90. The van der Waals surface area contributed by atoms with Gasteiger partial charge in [-0.05, 0) is 43.6 Å². The minimum absolute atomic E-state index is 0.692. The summed E-state index contributed by atoms with van der Waals surface area (Å²) in [5.74, 6) is 0.976. The van der Waals surface area contributed by atoms with Crippen LogP contribution in [0.5, 0.6) is 5.75 Å². The van der Waals surface area contributed by atoms with Crippen LogP contribution in [0.4, 0.5) is 0 Å². The number of nitrogens with zero attached hydrogens (tertiary/aromatic N) is 1. The smallest absolute Gasteiger partial charge is 0.121 e. The second-order valence-electron chi connectivity index (χ2n) is 5.01. The van der Waals surface area contributed by atoms with Crippen LogP contribution in [-0.2, 0) is 6.54 Å². The topological polar surface area (TPSA) is 24.5 Å². The normalized spacial score (nSPS) is 19.4. The molecule has 1 aromatic rings. The Morgan fingerprint density at radius 2 is 2.28 bits per heavy atom. The highest BCUT2D eigenvalue weighted by atomic mass is 16.5. The first-order valence-corrected chi connectivity index (χ1v) is 6.83. The van der Waals surface area contributed by atoms with E-state index in [1.807, 2.05) is 0 Å². The third-order valence-corrected chi connectivity index (χ3v) is 3.80. The molecule has 1 N–H and O–H groups in total. The molecule has 0 bridgehead atoms. The van der Waals surface area contributed by atoms with Crippen LogP contribution in [0.15, 0.2) is 18.2 Å². The van der Waals surface area contributed by atoms with Gasteiger partial charge in [0, 0.05) is 19.1 Å². The predicted octanol–water partition coefficient (Wildman–Crippen LogP) is 2.19. The molecule has 2 rings (SSSR count). The Morgan fingerprint density at radius 3 is 2.83 bits per heavy atom. The molecule has 100 valence electrons. The van der Waals surface area contributed by atoms with Crippen LogP contribution in [0.2, 0.25) is 0 Å². The molecule has 3 heteroatoms. The van der Waals surface area contributed by atoms with Crippen LogP contribution in [-0.4, -0.2) is 37.7 Å². The number of likely N-dealkylation sites (N-methyl/N-ethyl adjacent to an activating group) is 1. The minimum atomic E-state index is 0.692. The van der Waals surface area contributed by atoms with E-state index in [1.165, 1.54) is 17.5 Å². The zero-order valence-corrected chi connectivity index (χ0v) is 11.7. The maximum atomic E-state index is 5.31. The molecule has 0 saturated carbocycles. The molecule has 1 aliphatic heterocycles. The van der Waals surface area contributed by atoms with Gasteiger partial charge in [-0.1, -0.05) is 19.1 Å². The predicted molar refractivity (Wildman–Crippen MR) is 75.1 cm³/mol. The molecule has 1 heterocycles. The van der Waals surface area contributed by atoms with Gasteiger partial charge in [-0.2, -0.15) is 0 Å². The van der Waals surface area contributed by atoms with Gasteiger partial charge in [0.25, 0.3) is 0 Å². The maximum absolute atomic E-state index is 5.31. The Hall–Kier alpha value is -1.06. The first kappa shape index (κ1) is 13.4. The van der Waals surface area contributed by atoms with Crippen LogP contribution in [0.3, 0.4) is 0 Å². The van der Waals surface area contributed by atoms with Gasteiger partial charge < -0.3 is 10.1 Å². The number of methoxy groups -OCH3 is 1. The second-order valence-corrected chi connectivity index (χ2v) is 5.01. The summed E-state index contributed by atoms with van der Waals surface area (Å²) in [6.45, 7) is 8.78. The maximum Gasteiger partial charge on any atom is 0.121 e. The van der Waals surface area contributed by atoms with Gasteiger partial charge >= 0.3 is 0 Å². The lowest BCUT2D eigenvalue weighted by Gasteiger charge is -2.27. The van der Waals surface area contributed by atoms with Crippen molar-refractivity contribution in [3.05, 3.63) is 29.3 Å². The zero-order valence-electron chi connectivity index (χ0n) is 11.7. The summed E-state index contributed by atoms with van der Waals surface area (Å²) in [5, 5.41) is 3.44. The molecular weight excluding hydrogens is 224 g/mol. The van der Waals surface area contributed by atoms with Gasteiger partial charge in [0.05, 0.1) is 7.11 Å². The number of aryl methyl sites for hydroxylation is 1. The third kappa shape index (κ3) is 3.03. The van der Waals surface area contributed by atoms with Crippen LogP contribution in [0.1, 0.15) is 24.5 Å². The molecule has 1 saturated heterocycles. The number of hydrogen-bond donors (Lipinski definition) is 1. The van der Waals surface area contributed by atoms with E-state index >= 15 is 0 Å².